The lowest BCUT2D eigenvalue weighted by Crippen LogP contribution is -2.45. The molecule has 0 aliphatic rings. The molecule has 1 unspecified atom stereocenters. The second kappa shape index (κ2) is 7.24. The maximum atomic E-state index is 11.8. The lowest BCUT2D eigenvalue weighted by molar-refractivity contribution is -0.147. The second-order valence-electron chi connectivity index (χ2n) is 5.48. The number of nitrogens with one attached hydrogen (secondary N) is 1. The number of hydrogen-bond donors (Lipinski definition) is 2. The highest BCUT2D eigenvalue weighted by molar-refractivity contribution is 5.77. The van der Waals surface area contributed by atoms with Gasteiger partial charge in [0.1, 0.15) is 0 Å². The number of rotatable bonds is 7. The summed E-state index contributed by atoms with van der Waals surface area (Å²) in [5, 5.41) is 11.8. The molecule has 5 nitrogen and oxygen atoms in total. The maximum absolute atomic E-state index is 11.8. The molecule has 1 atom stereocenters. The number of carboxylic acids is 1. The monoisotopic (exact) mass is 258 g/mol. The molecule has 0 aliphatic carbocycles. The fourth-order valence-corrected chi connectivity index (χ4v) is 1.31. The van der Waals surface area contributed by atoms with E-state index in [0.29, 0.717) is 18.9 Å². The van der Waals surface area contributed by atoms with Crippen LogP contribution in [0.15, 0.2) is 0 Å². The molecule has 0 aromatic carbocycles. The molecule has 2 N–H and O–H groups in total. The summed E-state index contributed by atoms with van der Waals surface area (Å²) in [5.41, 5.74) is -0.894. The molecule has 0 bridgehead atoms. The molecule has 106 valence electrons. The van der Waals surface area contributed by atoms with E-state index in [2.05, 4.69) is 19.2 Å². The predicted octanol–water partition coefficient (Wildman–Crippen LogP) is 2.17. The van der Waals surface area contributed by atoms with Crippen LogP contribution in [0.1, 0.15) is 40.5 Å². The Morgan fingerprint density at radius 3 is 2.33 bits per heavy atom. The van der Waals surface area contributed by atoms with E-state index in [0.717, 1.165) is 6.42 Å². The second-order valence-corrected chi connectivity index (χ2v) is 5.48. The average Bonchev–Trinajstić information content (AvgIpc) is 2.31. The Hall–Kier alpha value is -1.26. The largest absolute Gasteiger partial charge is 0.481 e. The molecule has 0 radical (unpaired) electrons. The van der Waals surface area contributed by atoms with Gasteiger partial charge < -0.3 is 15.3 Å². The number of nitrogens with zero attached hydrogens (tertiary/aromatic N) is 1. The number of hydrogen-bond acceptors (Lipinski definition) is 2. The normalized spacial score (nSPS) is 14.1. The number of urea groups is 1. The Morgan fingerprint density at radius 2 is 1.94 bits per heavy atom. The molecule has 0 spiro atoms. The van der Waals surface area contributed by atoms with Crippen molar-refractivity contribution in [1.82, 2.24) is 10.2 Å². The molecule has 0 aromatic rings. The molecule has 0 fully saturated rings. The zero-order valence-electron chi connectivity index (χ0n) is 12.1. The van der Waals surface area contributed by atoms with Crippen LogP contribution in [0.25, 0.3) is 0 Å². The molecular formula is C13H26N2O3. The van der Waals surface area contributed by atoms with Crippen molar-refractivity contribution in [2.75, 3.05) is 20.1 Å². The van der Waals surface area contributed by atoms with Crippen molar-refractivity contribution < 1.29 is 14.7 Å². The van der Waals surface area contributed by atoms with Crippen LogP contribution in [0.5, 0.6) is 0 Å². The summed E-state index contributed by atoms with van der Waals surface area (Å²) in [7, 11) is 1.72. The molecular weight excluding hydrogens is 232 g/mol. The standard InChI is InChI=1S/C13H26N2O3/c1-6-13(4,11(16)17)9-14-12(18)15(5)8-7-10(2)3/h10H,6-9H2,1-5H3,(H,14,18)(H,16,17). The van der Waals surface area contributed by atoms with E-state index in [1.165, 1.54) is 0 Å². The van der Waals surface area contributed by atoms with Crippen molar-refractivity contribution in [2.45, 2.75) is 40.5 Å². The van der Waals surface area contributed by atoms with E-state index >= 15 is 0 Å². The van der Waals surface area contributed by atoms with Crippen molar-refractivity contribution in [3.63, 3.8) is 0 Å². The minimum atomic E-state index is -0.894. The van der Waals surface area contributed by atoms with Gasteiger partial charge >= 0.3 is 12.0 Å². The van der Waals surface area contributed by atoms with E-state index in [1.54, 1.807) is 18.9 Å². The first-order chi connectivity index (χ1) is 8.23. The fourth-order valence-electron chi connectivity index (χ4n) is 1.31. The first kappa shape index (κ1) is 16.7. The van der Waals surface area contributed by atoms with Gasteiger partial charge in [-0.05, 0) is 25.7 Å². The SMILES string of the molecule is CCC(C)(CNC(=O)N(C)CCC(C)C)C(=O)O. The Morgan fingerprint density at radius 1 is 1.39 bits per heavy atom. The Kier molecular flexibility index (Phi) is 6.73. The Balaban J connectivity index is 4.20. The summed E-state index contributed by atoms with van der Waals surface area (Å²) in [4.78, 5) is 24.4. The number of carbonyl (C=O) groups excluding carboxylic acids is 1. The molecule has 0 aromatic heterocycles. The average molecular weight is 258 g/mol. The molecule has 5 heteroatoms. The lowest BCUT2D eigenvalue weighted by Gasteiger charge is -2.25. The van der Waals surface area contributed by atoms with Crippen LogP contribution >= 0.6 is 0 Å². The van der Waals surface area contributed by atoms with Crippen molar-refractivity contribution in [1.29, 1.82) is 0 Å². The zero-order valence-corrected chi connectivity index (χ0v) is 12.1. The number of carboxylic acid groups (broad SMARTS) is 1. The third kappa shape index (κ3) is 5.38. The van der Waals surface area contributed by atoms with Gasteiger partial charge in [0.2, 0.25) is 0 Å². The van der Waals surface area contributed by atoms with Gasteiger partial charge in [0.05, 0.1) is 5.41 Å². The fraction of sp³-hybridized carbons (Fsp3) is 0.846. The van der Waals surface area contributed by atoms with E-state index in [9.17, 15) is 9.59 Å². The number of amides is 2. The summed E-state index contributed by atoms with van der Waals surface area (Å²) >= 11 is 0. The quantitative estimate of drug-likeness (QED) is 0.735. The summed E-state index contributed by atoms with van der Waals surface area (Å²) in [6, 6.07) is -0.212. The van der Waals surface area contributed by atoms with Crippen LogP contribution in [0.2, 0.25) is 0 Å². The number of carbonyl (C=O) groups is 2. The van der Waals surface area contributed by atoms with E-state index < -0.39 is 11.4 Å². The van der Waals surface area contributed by atoms with Crippen LogP contribution in [-0.4, -0.2) is 42.1 Å². The molecule has 0 saturated heterocycles. The molecule has 2 amide bonds. The molecule has 0 heterocycles. The highest BCUT2D eigenvalue weighted by atomic mass is 16.4. The van der Waals surface area contributed by atoms with E-state index in [4.69, 9.17) is 5.11 Å². The van der Waals surface area contributed by atoms with Crippen LogP contribution in [-0.2, 0) is 4.79 Å². The third-order valence-corrected chi connectivity index (χ3v) is 3.31. The smallest absolute Gasteiger partial charge is 0.317 e. The highest BCUT2D eigenvalue weighted by Gasteiger charge is 2.31. The zero-order chi connectivity index (χ0) is 14.3. The van der Waals surface area contributed by atoms with Gasteiger partial charge in [-0.15, -0.1) is 0 Å². The summed E-state index contributed by atoms with van der Waals surface area (Å²) in [5.74, 6) is -0.338. The molecule has 18 heavy (non-hydrogen) atoms. The molecule has 0 rings (SSSR count). The minimum absolute atomic E-state index is 0.156. The van der Waals surface area contributed by atoms with Crippen molar-refractivity contribution in [3.8, 4) is 0 Å². The summed E-state index contributed by atoms with van der Waals surface area (Å²) < 4.78 is 0. The summed E-state index contributed by atoms with van der Waals surface area (Å²) in [6.45, 7) is 8.49. The first-order valence-corrected chi connectivity index (χ1v) is 6.45. The van der Waals surface area contributed by atoms with Gasteiger partial charge in [0.15, 0.2) is 0 Å². The van der Waals surface area contributed by atoms with Gasteiger partial charge in [-0.2, -0.15) is 0 Å². The molecule has 0 aliphatic heterocycles. The van der Waals surface area contributed by atoms with E-state index in [-0.39, 0.29) is 12.6 Å². The highest BCUT2D eigenvalue weighted by Crippen LogP contribution is 2.19. The van der Waals surface area contributed by atoms with Crippen molar-refractivity contribution >= 4 is 12.0 Å². The van der Waals surface area contributed by atoms with Crippen molar-refractivity contribution in [3.05, 3.63) is 0 Å². The van der Waals surface area contributed by atoms with Crippen LogP contribution in [0.4, 0.5) is 4.79 Å². The minimum Gasteiger partial charge on any atom is -0.481 e. The topological polar surface area (TPSA) is 69.6 Å². The Bertz CT molecular complexity index is 292. The van der Waals surface area contributed by atoms with Gasteiger partial charge in [-0.3, -0.25) is 4.79 Å². The van der Waals surface area contributed by atoms with Crippen molar-refractivity contribution in [2.24, 2.45) is 11.3 Å². The third-order valence-electron chi connectivity index (χ3n) is 3.31. The van der Waals surface area contributed by atoms with Crippen LogP contribution < -0.4 is 5.32 Å². The van der Waals surface area contributed by atoms with Gasteiger partial charge in [0, 0.05) is 20.1 Å². The first-order valence-electron chi connectivity index (χ1n) is 6.45. The van der Waals surface area contributed by atoms with Gasteiger partial charge in [0.25, 0.3) is 0 Å². The van der Waals surface area contributed by atoms with Crippen LogP contribution in [0, 0.1) is 11.3 Å². The lowest BCUT2D eigenvalue weighted by atomic mass is 9.88. The van der Waals surface area contributed by atoms with Crippen LogP contribution in [0.3, 0.4) is 0 Å². The number of aliphatic carboxylic acids is 1. The molecule has 0 saturated carbocycles. The van der Waals surface area contributed by atoms with Gasteiger partial charge in [-0.25, -0.2) is 4.79 Å². The summed E-state index contributed by atoms with van der Waals surface area (Å²) in [6.07, 6.45) is 1.42. The predicted molar refractivity (Wildman–Crippen MR) is 71.5 cm³/mol. The van der Waals surface area contributed by atoms with E-state index in [1.807, 2.05) is 6.92 Å². The maximum Gasteiger partial charge on any atom is 0.317 e. The van der Waals surface area contributed by atoms with Gasteiger partial charge in [-0.1, -0.05) is 20.8 Å². The Labute approximate surface area is 110 Å².